The SMILES string of the molecule is CC(=O)O.CC(C)C(=NNC(=O)C1CCN(C)CC1)c1cc(Br)c(F)c(Br)c1O. The zero-order chi connectivity index (χ0) is 22.3. The molecule has 1 aromatic rings. The fourth-order valence-corrected chi connectivity index (χ4v) is 3.88. The number of phenols is 1. The van der Waals surface area contributed by atoms with Crippen LogP contribution in [0, 0.1) is 17.7 Å². The number of phenolic OH excluding ortho intramolecular Hbond substituents is 1. The fourth-order valence-electron chi connectivity index (χ4n) is 2.76. The van der Waals surface area contributed by atoms with E-state index >= 15 is 0 Å². The van der Waals surface area contributed by atoms with Crippen molar-refractivity contribution in [3.8, 4) is 5.75 Å². The minimum atomic E-state index is -0.833. The lowest BCUT2D eigenvalue weighted by molar-refractivity contribution is -0.134. The number of aliphatic carboxylic acids is 1. The predicted molar refractivity (Wildman–Crippen MR) is 117 cm³/mol. The summed E-state index contributed by atoms with van der Waals surface area (Å²) >= 11 is 6.18. The second-order valence-corrected chi connectivity index (χ2v) is 8.75. The minimum absolute atomic E-state index is 0.0353. The molecule has 0 radical (unpaired) electrons. The number of piperidine rings is 1. The highest BCUT2D eigenvalue weighted by Gasteiger charge is 2.24. The molecule has 0 aliphatic carbocycles. The lowest BCUT2D eigenvalue weighted by atomic mass is 9.96. The van der Waals surface area contributed by atoms with Gasteiger partial charge in [-0.1, -0.05) is 13.8 Å². The number of carboxylic acid groups (broad SMARTS) is 1. The minimum Gasteiger partial charge on any atom is -0.506 e. The molecule has 0 bridgehead atoms. The van der Waals surface area contributed by atoms with Crippen molar-refractivity contribution < 1.29 is 24.2 Å². The molecule has 10 heteroatoms. The van der Waals surface area contributed by atoms with Crippen LogP contribution < -0.4 is 5.43 Å². The summed E-state index contributed by atoms with van der Waals surface area (Å²) in [6.07, 6.45) is 1.60. The number of amides is 1. The van der Waals surface area contributed by atoms with Crippen molar-refractivity contribution in [1.82, 2.24) is 10.3 Å². The predicted octanol–water partition coefficient (Wildman–Crippen LogP) is 3.97. The molecule has 0 aromatic heterocycles. The summed E-state index contributed by atoms with van der Waals surface area (Å²) in [6.45, 7) is 6.64. The number of halogens is 3. The lowest BCUT2D eigenvalue weighted by Crippen LogP contribution is -2.37. The molecule has 1 saturated heterocycles. The summed E-state index contributed by atoms with van der Waals surface area (Å²) < 4.78 is 14.0. The Morgan fingerprint density at radius 2 is 1.83 bits per heavy atom. The van der Waals surface area contributed by atoms with Crippen LogP contribution in [-0.2, 0) is 9.59 Å². The highest BCUT2D eigenvalue weighted by molar-refractivity contribution is 9.11. The number of aromatic hydroxyl groups is 1. The number of carbonyl (C=O) groups is 2. The zero-order valence-corrected chi connectivity index (χ0v) is 20.0. The van der Waals surface area contributed by atoms with Crippen LogP contribution in [0.5, 0.6) is 5.75 Å². The van der Waals surface area contributed by atoms with Crippen LogP contribution in [0.1, 0.15) is 39.2 Å². The van der Waals surface area contributed by atoms with Gasteiger partial charge in [-0.25, -0.2) is 9.82 Å². The molecule has 1 aliphatic rings. The number of nitrogens with one attached hydrogen (secondary N) is 1. The van der Waals surface area contributed by atoms with Crippen molar-refractivity contribution in [2.45, 2.75) is 33.6 Å². The van der Waals surface area contributed by atoms with Crippen molar-refractivity contribution in [3.05, 3.63) is 26.4 Å². The Hall–Kier alpha value is -1.52. The number of nitrogens with zero attached hydrogens (tertiary/aromatic N) is 2. The Morgan fingerprint density at radius 1 is 1.31 bits per heavy atom. The number of benzene rings is 1. The molecule has 1 aromatic carbocycles. The van der Waals surface area contributed by atoms with Crippen LogP contribution in [0.2, 0.25) is 0 Å². The zero-order valence-electron chi connectivity index (χ0n) is 16.8. The standard InChI is InChI=1S/C17H22Br2FN3O2.C2H4O2/c1-9(2)15(11-8-12(18)14(20)13(19)16(11)24)21-22-17(25)10-4-6-23(3)7-5-10;1-2(3)4/h8-10,24H,4-7H2,1-3H3,(H,22,25);1H3,(H,3,4). The Bertz CT molecular complexity index is 775. The molecule has 0 atom stereocenters. The highest BCUT2D eigenvalue weighted by Crippen LogP contribution is 2.36. The smallest absolute Gasteiger partial charge is 0.300 e. The van der Waals surface area contributed by atoms with Gasteiger partial charge in [0.2, 0.25) is 5.91 Å². The van der Waals surface area contributed by atoms with E-state index in [1.807, 2.05) is 20.9 Å². The van der Waals surface area contributed by atoms with Gasteiger partial charge in [-0.2, -0.15) is 5.10 Å². The van der Waals surface area contributed by atoms with Crippen LogP contribution >= 0.6 is 31.9 Å². The Kier molecular flexibility index (Phi) is 10.2. The maximum absolute atomic E-state index is 13.9. The number of carboxylic acids is 1. The molecule has 1 heterocycles. The van der Waals surface area contributed by atoms with Crippen molar-refractivity contribution in [2.75, 3.05) is 20.1 Å². The second kappa shape index (κ2) is 11.6. The van der Waals surface area contributed by atoms with Gasteiger partial charge < -0.3 is 15.1 Å². The Morgan fingerprint density at radius 3 is 2.31 bits per heavy atom. The van der Waals surface area contributed by atoms with Gasteiger partial charge in [-0.3, -0.25) is 9.59 Å². The quantitative estimate of drug-likeness (QED) is 0.306. The van der Waals surface area contributed by atoms with Gasteiger partial charge in [-0.15, -0.1) is 0 Å². The van der Waals surface area contributed by atoms with E-state index in [1.165, 1.54) is 6.07 Å². The van der Waals surface area contributed by atoms with Gasteiger partial charge in [0, 0.05) is 18.4 Å². The molecule has 0 unspecified atom stereocenters. The van der Waals surface area contributed by atoms with E-state index in [2.05, 4.69) is 47.3 Å². The summed E-state index contributed by atoms with van der Waals surface area (Å²) in [4.78, 5) is 23.6. The van der Waals surface area contributed by atoms with E-state index in [1.54, 1.807) is 0 Å². The van der Waals surface area contributed by atoms with Crippen LogP contribution in [0.3, 0.4) is 0 Å². The van der Waals surface area contributed by atoms with Gasteiger partial charge in [0.1, 0.15) is 5.75 Å². The number of likely N-dealkylation sites (tertiary alicyclic amines) is 1. The number of hydrogen-bond acceptors (Lipinski definition) is 5. The maximum atomic E-state index is 13.9. The topological polar surface area (TPSA) is 102 Å². The van der Waals surface area contributed by atoms with E-state index in [0.29, 0.717) is 11.3 Å². The second-order valence-electron chi connectivity index (χ2n) is 7.11. The third kappa shape index (κ3) is 7.67. The third-order valence-corrected chi connectivity index (χ3v) is 5.64. The third-order valence-electron chi connectivity index (χ3n) is 4.34. The molecule has 162 valence electrons. The molecule has 29 heavy (non-hydrogen) atoms. The normalized spacial score (nSPS) is 15.7. The molecule has 1 amide bonds. The summed E-state index contributed by atoms with van der Waals surface area (Å²) in [6, 6.07) is 1.47. The summed E-state index contributed by atoms with van der Waals surface area (Å²) in [7, 11) is 2.04. The summed E-state index contributed by atoms with van der Waals surface area (Å²) in [5.41, 5.74) is 3.48. The van der Waals surface area contributed by atoms with E-state index in [4.69, 9.17) is 9.90 Å². The van der Waals surface area contributed by atoms with Crippen molar-refractivity contribution in [2.24, 2.45) is 16.9 Å². The van der Waals surface area contributed by atoms with E-state index in [-0.39, 0.29) is 32.4 Å². The first-order valence-corrected chi connectivity index (χ1v) is 10.7. The first-order valence-electron chi connectivity index (χ1n) is 9.08. The highest BCUT2D eigenvalue weighted by atomic mass is 79.9. The molecule has 1 aliphatic heterocycles. The molecular weight excluding hydrogens is 513 g/mol. The first-order chi connectivity index (χ1) is 13.5. The van der Waals surface area contributed by atoms with Crippen molar-refractivity contribution in [1.29, 1.82) is 0 Å². The van der Waals surface area contributed by atoms with Gasteiger partial charge >= 0.3 is 0 Å². The number of hydrazone groups is 1. The van der Waals surface area contributed by atoms with Gasteiger partial charge in [-0.05, 0) is 76.8 Å². The van der Waals surface area contributed by atoms with Crippen LogP contribution in [0.4, 0.5) is 4.39 Å². The van der Waals surface area contributed by atoms with E-state index < -0.39 is 11.8 Å². The number of rotatable bonds is 4. The van der Waals surface area contributed by atoms with Crippen LogP contribution in [0.15, 0.2) is 20.1 Å². The average molecular weight is 539 g/mol. The number of carbonyl (C=O) groups excluding carboxylic acids is 1. The molecule has 3 N–H and O–H groups in total. The first kappa shape index (κ1) is 25.5. The lowest BCUT2D eigenvalue weighted by Gasteiger charge is -2.27. The summed E-state index contributed by atoms with van der Waals surface area (Å²) in [5.74, 6) is -1.91. The Balaban J connectivity index is 0.000000960. The van der Waals surface area contributed by atoms with Gasteiger partial charge in [0.05, 0.1) is 14.7 Å². The molecule has 7 nitrogen and oxygen atoms in total. The van der Waals surface area contributed by atoms with Crippen molar-refractivity contribution in [3.63, 3.8) is 0 Å². The molecule has 1 fully saturated rings. The molecular formula is C19H26Br2FN3O4. The number of hydrogen-bond donors (Lipinski definition) is 3. The van der Waals surface area contributed by atoms with E-state index in [9.17, 15) is 14.3 Å². The Labute approximate surface area is 186 Å². The molecule has 2 rings (SSSR count). The maximum Gasteiger partial charge on any atom is 0.300 e. The largest absolute Gasteiger partial charge is 0.506 e. The molecule has 0 saturated carbocycles. The average Bonchev–Trinajstić information content (AvgIpc) is 2.63. The van der Waals surface area contributed by atoms with Gasteiger partial charge in [0.25, 0.3) is 5.97 Å². The molecule has 0 spiro atoms. The van der Waals surface area contributed by atoms with Crippen molar-refractivity contribution >= 4 is 49.4 Å². The van der Waals surface area contributed by atoms with Crippen LogP contribution in [0.25, 0.3) is 0 Å². The monoisotopic (exact) mass is 537 g/mol. The van der Waals surface area contributed by atoms with Crippen LogP contribution in [-0.4, -0.2) is 52.8 Å². The van der Waals surface area contributed by atoms with E-state index in [0.717, 1.165) is 32.9 Å². The van der Waals surface area contributed by atoms with Gasteiger partial charge in [0.15, 0.2) is 5.82 Å². The fraction of sp³-hybridized carbons (Fsp3) is 0.526. The summed E-state index contributed by atoms with van der Waals surface area (Å²) in [5, 5.41) is 21.9.